The molecule has 1 rings (SSSR count). The summed E-state index contributed by atoms with van der Waals surface area (Å²) < 4.78 is 0. The quantitative estimate of drug-likeness (QED) is 0.599. The Hall–Kier alpha value is -1.59. The molecule has 1 atom stereocenters. The predicted octanol–water partition coefficient (Wildman–Crippen LogP) is 1.78. The molecule has 1 unspecified atom stereocenters. The van der Waals surface area contributed by atoms with E-state index in [2.05, 4.69) is 5.32 Å². The van der Waals surface area contributed by atoms with Crippen LogP contribution >= 0.6 is 0 Å². The van der Waals surface area contributed by atoms with Gasteiger partial charge >= 0.3 is 11.9 Å². The molecular formula is C14H23NO5. The number of carboxylic acids is 2. The lowest BCUT2D eigenvalue weighted by Crippen LogP contribution is -2.41. The van der Waals surface area contributed by atoms with Gasteiger partial charge in [-0.2, -0.15) is 0 Å². The molecule has 0 aromatic rings. The molecule has 0 aliphatic heterocycles. The lowest BCUT2D eigenvalue weighted by molar-refractivity contribution is -0.143. The van der Waals surface area contributed by atoms with Gasteiger partial charge in [0.2, 0.25) is 5.91 Å². The van der Waals surface area contributed by atoms with Crippen molar-refractivity contribution in [2.75, 3.05) is 0 Å². The van der Waals surface area contributed by atoms with E-state index in [1.165, 1.54) is 25.7 Å². The molecule has 1 aliphatic rings. The highest BCUT2D eigenvalue weighted by Gasteiger charge is 2.21. The highest BCUT2D eigenvalue weighted by atomic mass is 16.4. The number of amides is 1. The van der Waals surface area contributed by atoms with Crippen LogP contribution in [0.4, 0.5) is 0 Å². The van der Waals surface area contributed by atoms with Crippen LogP contribution in [0.1, 0.15) is 57.8 Å². The highest BCUT2D eigenvalue weighted by Crippen LogP contribution is 2.28. The predicted molar refractivity (Wildman–Crippen MR) is 72.2 cm³/mol. The van der Waals surface area contributed by atoms with Crippen molar-refractivity contribution in [3.05, 3.63) is 0 Å². The van der Waals surface area contributed by atoms with Gasteiger partial charge in [0, 0.05) is 12.8 Å². The van der Waals surface area contributed by atoms with Crippen molar-refractivity contribution in [2.24, 2.45) is 5.92 Å². The summed E-state index contributed by atoms with van der Waals surface area (Å²) in [6.07, 6.45) is 6.75. The van der Waals surface area contributed by atoms with Crippen molar-refractivity contribution in [3.63, 3.8) is 0 Å². The van der Waals surface area contributed by atoms with E-state index in [0.29, 0.717) is 12.3 Å². The van der Waals surface area contributed by atoms with Crippen molar-refractivity contribution in [2.45, 2.75) is 63.8 Å². The molecule has 6 heteroatoms. The fraction of sp³-hybridized carbons (Fsp3) is 0.786. The lowest BCUT2D eigenvalue weighted by atomic mass is 10.0. The molecule has 1 saturated carbocycles. The number of carboxylic acid groups (broad SMARTS) is 2. The first-order valence-electron chi connectivity index (χ1n) is 7.23. The maximum atomic E-state index is 11.7. The SMILES string of the molecule is O=C(O)CCC(NC(=O)CCCC1CCCC1)C(=O)O. The summed E-state index contributed by atoms with van der Waals surface area (Å²) in [4.78, 5) is 33.0. The number of aliphatic carboxylic acids is 2. The Morgan fingerprint density at radius 2 is 1.75 bits per heavy atom. The molecule has 114 valence electrons. The van der Waals surface area contributed by atoms with Gasteiger partial charge in [-0.25, -0.2) is 4.79 Å². The van der Waals surface area contributed by atoms with Gasteiger partial charge in [0.05, 0.1) is 0 Å². The standard InChI is InChI=1S/C14H23NO5/c16-12(7-3-6-10-4-1-2-5-10)15-11(14(19)20)8-9-13(17)18/h10-11H,1-9H2,(H,15,16)(H,17,18)(H,19,20). The normalized spacial score (nSPS) is 16.8. The molecule has 0 heterocycles. The molecule has 0 saturated heterocycles. The lowest BCUT2D eigenvalue weighted by Gasteiger charge is -2.14. The Balaban J connectivity index is 2.22. The minimum absolute atomic E-state index is 0.0843. The van der Waals surface area contributed by atoms with Gasteiger partial charge in [-0.05, 0) is 25.2 Å². The Kier molecular flexibility index (Phi) is 7.04. The van der Waals surface area contributed by atoms with Crippen LogP contribution in [-0.4, -0.2) is 34.1 Å². The first-order valence-corrected chi connectivity index (χ1v) is 7.23. The van der Waals surface area contributed by atoms with Crippen LogP contribution in [0.15, 0.2) is 0 Å². The first kappa shape index (κ1) is 16.5. The molecule has 0 aromatic carbocycles. The fourth-order valence-electron chi connectivity index (χ4n) is 2.64. The molecule has 6 nitrogen and oxygen atoms in total. The number of rotatable bonds is 9. The number of nitrogens with one attached hydrogen (secondary N) is 1. The summed E-state index contributed by atoms with van der Waals surface area (Å²) in [5, 5.41) is 19.9. The van der Waals surface area contributed by atoms with Crippen LogP contribution < -0.4 is 5.32 Å². The molecule has 3 N–H and O–H groups in total. The van der Waals surface area contributed by atoms with E-state index >= 15 is 0 Å². The van der Waals surface area contributed by atoms with Crippen molar-refractivity contribution in [3.8, 4) is 0 Å². The molecule has 0 bridgehead atoms. The monoisotopic (exact) mass is 285 g/mol. The number of hydrogen-bond donors (Lipinski definition) is 3. The van der Waals surface area contributed by atoms with Gasteiger partial charge in [-0.1, -0.05) is 25.7 Å². The molecule has 0 aromatic heterocycles. The van der Waals surface area contributed by atoms with Gasteiger partial charge in [-0.3, -0.25) is 9.59 Å². The van der Waals surface area contributed by atoms with Gasteiger partial charge in [-0.15, -0.1) is 0 Å². The molecule has 20 heavy (non-hydrogen) atoms. The highest BCUT2D eigenvalue weighted by molar-refractivity contribution is 5.83. The fourth-order valence-corrected chi connectivity index (χ4v) is 2.64. The van der Waals surface area contributed by atoms with Gasteiger partial charge in [0.15, 0.2) is 0 Å². The smallest absolute Gasteiger partial charge is 0.326 e. The van der Waals surface area contributed by atoms with Gasteiger partial charge in [0.25, 0.3) is 0 Å². The van der Waals surface area contributed by atoms with Gasteiger partial charge in [0.1, 0.15) is 6.04 Å². The average Bonchev–Trinajstić information content (AvgIpc) is 2.87. The average molecular weight is 285 g/mol. The van der Waals surface area contributed by atoms with Crippen molar-refractivity contribution in [1.29, 1.82) is 0 Å². The summed E-state index contributed by atoms with van der Waals surface area (Å²) in [5.41, 5.74) is 0. The Bertz CT molecular complexity index is 349. The zero-order valence-corrected chi connectivity index (χ0v) is 11.6. The van der Waals surface area contributed by atoms with E-state index in [0.717, 1.165) is 12.8 Å². The van der Waals surface area contributed by atoms with Crippen LogP contribution in [-0.2, 0) is 14.4 Å². The Morgan fingerprint density at radius 1 is 1.10 bits per heavy atom. The number of hydrogen-bond acceptors (Lipinski definition) is 3. The second-order valence-electron chi connectivity index (χ2n) is 5.43. The van der Waals surface area contributed by atoms with E-state index in [1.807, 2.05) is 0 Å². The minimum atomic E-state index is -1.18. The number of carbonyl (C=O) groups excluding carboxylic acids is 1. The summed E-state index contributed by atoms with van der Waals surface area (Å²) in [7, 11) is 0. The zero-order chi connectivity index (χ0) is 15.0. The Labute approximate surface area is 118 Å². The van der Waals surface area contributed by atoms with Crippen molar-refractivity contribution in [1.82, 2.24) is 5.32 Å². The van der Waals surface area contributed by atoms with E-state index in [1.54, 1.807) is 0 Å². The third-order valence-electron chi connectivity index (χ3n) is 3.77. The van der Waals surface area contributed by atoms with E-state index in [4.69, 9.17) is 10.2 Å². The zero-order valence-electron chi connectivity index (χ0n) is 11.6. The maximum Gasteiger partial charge on any atom is 0.326 e. The van der Waals surface area contributed by atoms with Gasteiger partial charge < -0.3 is 15.5 Å². The largest absolute Gasteiger partial charge is 0.481 e. The summed E-state index contributed by atoms with van der Waals surface area (Å²) in [6, 6.07) is -1.11. The molecule has 0 spiro atoms. The van der Waals surface area contributed by atoms with Crippen molar-refractivity contribution >= 4 is 17.8 Å². The van der Waals surface area contributed by atoms with Crippen LogP contribution in [0.25, 0.3) is 0 Å². The summed E-state index contributed by atoms with van der Waals surface area (Å²) >= 11 is 0. The minimum Gasteiger partial charge on any atom is -0.481 e. The second-order valence-corrected chi connectivity index (χ2v) is 5.43. The summed E-state index contributed by atoms with van der Waals surface area (Å²) in [6.45, 7) is 0. The van der Waals surface area contributed by atoms with Crippen LogP contribution in [0.5, 0.6) is 0 Å². The van der Waals surface area contributed by atoms with Crippen molar-refractivity contribution < 1.29 is 24.6 Å². The van der Waals surface area contributed by atoms with Crippen LogP contribution in [0.3, 0.4) is 0 Å². The topological polar surface area (TPSA) is 104 Å². The number of carbonyl (C=O) groups is 3. The second kappa shape index (κ2) is 8.55. The molecule has 1 aliphatic carbocycles. The third kappa shape index (κ3) is 6.54. The van der Waals surface area contributed by atoms with E-state index < -0.39 is 18.0 Å². The molecular weight excluding hydrogens is 262 g/mol. The molecule has 0 radical (unpaired) electrons. The third-order valence-corrected chi connectivity index (χ3v) is 3.77. The summed E-state index contributed by atoms with van der Waals surface area (Å²) in [5.74, 6) is -1.84. The Morgan fingerprint density at radius 3 is 2.30 bits per heavy atom. The van der Waals surface area contributed by atoms with E-state index in [9.17, 15) is 14.4 Å². The molecule has 1 amide bonds. The van der Waals surface area contributed by atoms with Crippen LogP contribution in [0.2, 0.25) is 0 Å². The first-order chi connectivity index (χ1) is 9.49. The maximum absolute atomic E-state index is 11.7. The molecule has 1 fully saturated rings. The van der Waals surface area contributed by atoms with E-state index in [-0.39, 0.29) is 18.7 Å². The van der Waals surface area contributed by atoms with Crippen LogP contribution in [0, 0.1) is 5.92 Å².